The number of hydrogen-bond acceptors (Lipinski definition) is 6. The summed E-state index contributed by atoms with van der Waals surface area (Å²) >= 11 is 0. The van der Waals surface area contributed by atoms with Crippen LogP contribution in [-0.2, 0) is 30.0 Å². The van der Waals surface area contributed by atoms with Crippen LogP contribution in [0.4, 0.5) is 0 Å². The van der Waals surface area contributed by atoms with Crippen molar-refractivity contribution in [3.63, 3.8) is 0 Å². The maximum atomic E-state index is 12.0. The van der Waals surface area contributed by atoms with Crippen LogP contribution in [0, 0.1) is 0 Å². The molecule has 12 heteroatoms. The summed E-state index contributed by atoms with van der Waals surface area (Å²) in [6.45, 7) is 1.04. The Morgan fingerprint density at radius 2 is 0.875 bits per heavy atom. The van der Waals surface area contributed by atoms with Gasteiger partial charge in [0.25, 0.3) is 0 Å². The van der Waals surface area contributed by atoms with Crippen LogP contribution in [0.15, 0.2) is 0 Å². The van der Waals surface area contributed by atoms with E-state index in [2.05, 4.69) is 0 Å². The van der Waals surface area contributed by atoms with E-state index in [1.165, 1.54) is 0 Å². The van der Waals surface area contributed by atoms with Crippen LogP contribution in [0.25, 0.3) is 0 Å². The molecular weight excluding hydrogens is 360 g/mol. The lowest BCUT2D eigenvalue weighted by molar-refractivity contribution is -0.137. The monoisotopic (exact) mass is 382 g/mol. The molecule has 2 saturated heterocycles. The van der Waals surface area contributed by atoms with Crippen LogP contribution >= 0.6 is 0 Å². The zero-order valence-electron chi connectivity index (χ0n) is 13.2. The summed E-state index contributed by atoms with van der Waals surface area (Å²) in [7, 11) is -8.29. The standard InChI is InChI=1S/C12H22N4O6S2/c17-11(13-23(19,20)15-7-3-1-4-8-15)12(18)14-24(21,22)16-9-5-2-6-10-16/h1-10H2,(H,13,17)(H,14,18). The van der Waals surface area contributed by atoms with E-state index in [0.29, 0.717) is 25.7 Å². The van der Waals surface area contributed by atoms with E-state index in [1.54, 1.807) is 9.44 Å². The first-order chi connectivity index (χ1) is 11.2. The first-order valence-corrected chi connectivity index (χ1v) is 10.7. The van der Waals surface area contributed by atoms with Gasteiger partial charge in [0, 0.05) is 26.2 Å². The second-order valence-corrected chi connectivity index (χ2v) is 9.13. The summed E-state index contributed by atoms with van der Waals surface area (Å²) in [5.41, 5.74) is 0. The van der Waals surface area contributed by atoms with Gasteiger partial charge in [-0.25, -0.2) is 9.44 Å². The number of carbonyl (C=O) groups excluding carboxylic acids is 2. The molecule has 0 aromatic heterocycles. The topological polar surface area (TPSA) is 133 Å². The summed E-state index contributed by atoms with van der Waals surface area (Å²) in [6.07, 6.45) is 4.48. The minimum atomic E-state index is -4.14. The molecule has 0 aromatic carbocycles. The molecule has 24 heavy (non-hydrogen) atoms. The first kappa shape index (κ1) is 19.1. The van der Waals surface area contributed by atoms with Gasteiger partial charge in [-0.05, 0) is 25.7 Å². The molecule has 2 fully saturated rings. The summed E-state index contributed by atoms with van der Waals surface area (Å²) in [5, 5.41) is 0. The van der Waals surface area contributed by atoms with Gasteiger partial charge in [0.1, 0.15) is 0 Å². The molecule has 0 spiro atoms. The fraction of sp³-hybridized carbons (Fsp3) is 0.833. The van der Waals surface area contributed by atoms with Gasteiger partial charge in [0.05, 0.1) is 0 Å². The quantitative estimate of drug-likeness (QED) is 0.580. The average Bonchev–Trinajstić information content (AvgIpc) is 2.55. The molecule has 0 radical (unpaired) electrons. The summed E-state index contributed by atoms with van der Waals surface area (Å²) in [6, 6.07) is 0. The molecular formula is C12H22N4O6S2. The van der Waals surface area contributed by atoms with Crippen LogP contribution in [0.2, 0.25) is 0 Å². The van der Waals surface area contributed by atoms with Crippen molar-refractivity contribution in [2.45, 2.75) is 38.5 Å². The largest absolute Gasteiger partial charge is 0.324 e. The van der Waals surface area contributed by atoms with E-state index < -0.39 is 32.2 Å². The molecule has 2 rings (SSSR count). The SMILES string of the molecule is O=C(NS(=O)(=O)N1CCCCC1)C(=O)NS(=O)(=O)N1CCCCC1. The Kier molecular flexibility index (Phi) is 6.17. The van der Waals surface area contributed by atoms with Crippen molar-refractivity contribution < 1.29 is 26.4 Å². The summed E-state index contributed by atoms with van der Waals surface area (Å²) in [5.74, 6) is -3.03. The number of hydrogen-bond donors (Lipinski definition) is 2. The molecule has 2 heterocycles. The predicted octanol–water partition coefficient (Wildman–Crippen LogP) is -1.32. The van der Waals surface area contributed by atoms with E-state index in [4.69, 9.17) is 0 Å². The Balaban J connectivity index is 1.95. The lowest BCUT2D eigenvalue weighted by Crippen LogP contribution is -2.53. The fourth-order valence-corrected chi connectivity index (χ4v) is 5.06. The Labute approximate surface area is 141 Å². The van der Waals surface area contributed by atoms with E-state index in [9.17, 15) is 26.4 Å². The number of nitrogens with one attached hydrogen (secondary N) is 2. The minimum Gasteiger partial charge on any atom is -0.262 e. The third-order valence-electron chi connectivity index (χ3n) is 3.96. The fourth-order valence-electron chi connectivity index (χ4n) is 2.67. The highest BCUT2D eigenvalue weighted by atomic mass is 32.2. The Bertz CT molecular complexity index is 618. The normalized spacial score (nSPS) is 21.2. The first-order valence-electron chi connectivity index (χ1n) is 7.86. The third-order valence-corrected chi connectivity index (χ3v) is 6.94. The highest BCUT2D eigenvalue weighted by Gasteiger charge is 2.32. The van der Waals surface area contributed by atoms with E-state index in [1.807, 2.05) is 0 Å². The smallest absolute Gasteiger partial charge is 0.262 e. The molecule has 10 nitrogen and oxygen atoms in total. The van der Waals surface area contributed by atoms with Gasteiger partial charge in [0.2, 0.25) is 0 Å². The molecule has 0 saturated carbocycles. The molecule has 2 N–H and O–H groups in total. The lowest BCUT2D eigenvalue weighted by Gasteiger charge is -2.26. The van der Waals surface area contributed by atoms with Crippen LogP contribution < -0.4 is 9.44 Å². The second-order valence-electron chi connectivity index (χ2n) is 5.79. The highest BCUT2D eigenvalue weighted by Crippen LogP contribution is 2.13. The Morgan fingerprint density at radius 1 is 0.583 bits per heavy atom. The molecule has 138 valence electrons. The molecule has 0 bridgehead atoms. The van der Waals surface area contributed by atoms with Crippen molar-refractivity contribution in [1.82, 2.24) is 18.1 Å². The van der Waals surface area contributed by atoms with E-state index in [0.717, 1.165) is 21.5 Å². The van der Waals surface area contributed by atoms with Crippen LogP contribution in [-0.4, -0.2) is 63.4 Å². The van der Waals surface area contributed by atoms with Crippen molar-refractivity contribution >= 4 is 32.2 Å². The molecule has 2 aliphatic heterocycles. The zero-order chi connectivity index (χ0) is 17.8. The summed E-state index contributed by atoms with van der Waals surface area (Å²) < 4.78 is 53.5. The molecule has 2 aliphatic rings. The lowest BCUT2D eigenvalue weighted by atomic mass is 10.2. The predicted molar refractivity (Wildman–Crippen MR) is 85.0 cm³/mol. The highest BCUT2D eigenvalue weighted by molar-refractivity contribution is 7.88. The van der Waals surface area contributed by atoms with Crippen molar-refractivity contribution in [2.24, 2.45) is 0 Å². The molecule has 0 aromatic rings. The van der Waals surface area contributed by atoms with Gasteiger partial charge in [0.15, 0.2) is 0 Å². The molecule has 0 unspecified atom stereocenters. The van der Waals surface area contributed by atoms with Crippen molar-refractivity contribution in [1.29, 1.82) is 0 Å². The maximum Gasteiger partial charge on any atom is 0.324 e. The zero-order valence-corrected chi connectivity index (χ0v) is 14.9. The molecule has 2 amide bonds. The number of carbonyl (C=O) groups is 2. The number of piperidine rings is 2. The van der Waals surface area contributed by atoms with Gasteiger partial charge in [-0.3, -0.25) is 9.59 Å². The van der Waals surface area contributed by atoms with Crippen LogP contribution in [0.5, 0.6) is 0 Å². The average molecular weight is 382 g/mol. The molecule has 0 atom stereocenters. The minimum absolute atomic E-state index is 0.260. The third kappa shape index (κ3) is 4.88. The van der Waals surface area contributed by atoms with Crippen LogP contribution in [0.1, 0.15) is 38.5 Å². The number of nitrogens with zero attached hydrogens (tertiary/aromatic N) is 2. The van der Waals surface area contributed by atoms with E-state index >= 15 is 0 Å². The summed E-state index contributed by atoms with van der Waals surface area (Å²) in [4.78, 5) is 23.5. The van der Waals surface area contributed by atoms with Crippen molar-refractivity contribution in [3.05, 3.63) is 0 Å². The van der Waals surface area contributed by atoms with E-state index in [-0.39, 0.29) is 26.2 Å². The molecule has 0 aliphatic carbocycles. The van der Waals surface area contributed by atoms with Gasteiger partial charge >= 0.3 is 32.2 Å². The Hall–Kier alpha value is -1.24. The number of amides is 2. The maximum absolute atomic E-state index is 12.0. The van der Waals surface area contributed by atoms with Crippen molar-refractivity contribution in [2.75, 3.05) is 26.2 Å². The van der Waals surface area contributed by atoms with Gasteiger partial charge in [-0.2, -0.15) is 25.4 Å². The van der Waals surface area contributed by atoms with Crippen LogP contribution in [0.3, 0.4) is 0 Å². The van der Waals surface area contributed by atoms with Gasteiger partial charge in [-0.1, -0.05) is 12.8 Å². The second kappa shape index (κ2) is 7.76. The van der Waals surface area contributed by atoms with Gasteiger partial charge < -0.3 is 0 Å². The van der Waals surface area contributed by atoms with Crippen molar-refractivity contribution in [3.8, 4) is 0 Å². The number of rotatable bonds is 4. The Morgan fingerprint density at radius 3 is 1.17 bits per heavy atom. The van der Waals surface area contributed by atoms with Gasteiger partial charge in [-0.15, -0.1) is 0 Å².